The van der Waals surface area contributed by atoms with Crippen molar-refractivity contribution < 1.29 is 28.6 Å². The lowest BCUT2D eigenvalue weighted by atomic mass is 10.0. The quantitative estimate of drug-likeness (QED) is 0.616. The summed E-state index contributed by atoms with van der Waals surface area (Å²) in [6.07, 6.45) is 0.183. The van der Waals surface area contributed by atoms with Crippen molar-refractivity contribution in [3.8, 4) is 5.75 Å². The number of halogens is 1. The Hall–Kier alpha value is -2.64. The number of aliphatic carboxylic acids is 1. The standard InChI is InChI=1S/C17H23FN2O5/c1-10(2)6-13(17(23)24)20-16(22)9-19-15(21)8-11-4-5-14(25-3)12(18)7-11/h4-5,7,10,13H,6,8-9H2,1-3H3,(H,19,21)(H,20,22)(H,23,24)/t13-/m0/s1. The number of benzene rings is 1. The topological polar surface area (TPSA) is 105 Å². The Balaban J connectivity index is 2.48. The molecular weight excluding hydrogens is 331 g/mol. The summed E-state index contributed by atoms with van der Waals surface area (Å²) in [6, 6.07) is 3.14. The molecule has 0 unspecified atom stereocenters. The molecule has 7 nitrogen and oxygen atoms in total. The summed E-state index contributed by atoms with van der Waals surface area (Å²) in [5, 5.41) is 13.8. The van der Waals surface area contributed by atoms with Gasteiger partial charge in [-0.2, -0.15) is 0 Å². The molecule has 1 aromatic carbocycles. The van der Waals surface area contributed by atoms with Crippen LogP contribution in [-0.2, 0) is 20.8 Å². The third-order valence-corrected chi connectivity index (χ3v) is 3.37. The molecule has 0 spiro atoms. The first-order valence-electron chi connectivity index (χ1n) is 7.84. The van der Waals surface area contributed by atoms with E-state index in [1.54, 1.807) is 6.07 Å². The van der Waals surface area contributed by atoms with Crippen LogP contribution in [0.2, 0.25) is 0 Å². The first-order valence-corrected chi connectivity index (χ1v) is 7.84. The van der Waals surface area contributed by atoms with E-state index in [4.69, 9.17) is 9.84 Å². The number of nitrogens with one attached hydrogen (secondary N) is 2. The molecule has 138 valence electrons. The minimum Gasteiger partial charge on any atom is -0.494 e. The molecule has 3 N–H and O–H groups in total. The first kappa shape index (κ1) is 20.4. The maximum absolute atomic E-state index is 13.6. The molecule has 0 aliphatic rings. The highest BCUT2D eigenvalue weighted by Crippen LogP contribution is 2.17. The Morgan fingerprint density at radius 2 is 1.92 bits per heavy atom. The highest BCUT2D eigenvalue weighted by atomic mass is 19.1. The molecular formula is C17H23FN2O5. The van der Waals surface area contributed by atoms with E-state index in [0.29, 0.717) is 12.0 Å². The Morgan fingerprint density at radius 3 is 2.44 bits per heavy atom. The Morgan fingerprint density at radius 1 is 1.24 bits per heavy atom. The van der Waals surface area contributed by atoms with Gasteiger partial charge in [-0.05, 0) is 30.0 Å². The summed E-state index contributed by atoms with van der Waals surface area (Å²) in [6.45, 7) is 3.34. The van der Waals surface area contributed by atoms with Crippen LogP contribution in [-0.4, -0.2) is 42.6 Å². The maximum atomic E-state index is 13.6. The van der Waals surface area contributed by atoms with Gasteiger partial charge in [-0.1, -0.05) is 19.9 Å². The van der Waals surface area contributed by atoms with Crippen LogP contribution >= 0.6 is 0 Å². The van der Waals surface area contributed by atoms with E-state index in [1.165, 1.54) is 19.2 Å². The lowest BCUT2D eigenvalue weighted by Gasteiger charge is -2.16. The molecule has 0 radical (unpaired) electrons. The van der Waals surface area contributed by atoms with E-state index >= 15 is 0 Å². The second kappa shape index (κ2) is 9.61. The number of methoxy groups -OCH3 is 1. The summed E-state index contributed by atoms with van der Waals surface area (Å²) in [4.78, 5) is 34.7. The molecule has 1 aromatic rings. The summed E-state index contributed by atoms with van der Waals surface area (Å²) in [5.41, 5.74) is 0.430. The van der Waals surface area contributed by atoms with Crippen LogP contribution in [0.5, 0.6) is 5.75 Å². The third kappa shape index (κ3) is 7.19. The lowest BCUT2D eigenvalue weighted by molar-refractivity contribution is -0.142. The van der Waals surface area contributed by atoms with E-state index in [0.717, 1.165) is 0 Å². The molecule has 1 atom stereocenters. The predicted octanol–water partition coefficient (Wildman–Crippen LogP) is 1.11. The van der Waals surface area contributed by atoms with Gasteiger partial charge in [-0.25, -0.2) is 9.18 Å². The van der Waals surface area contributed by atoms with Gasteiger partial charge in [0.25, 0.3) is 0 Å². The van der Waals surface area contributed by atoms with Crippen molar-refractivity contribution in [2.75, 3.05) is 13.7 Å². The Kier molecular flexibility index (Phi) is 7.84. The van der Waals surface area contributed by atoms with Gasteiger partial charge in [0.1, 0.15) is 6.04 Å². The first-order chi connectivity index (χ1) is 11.7. The average Bonchev–Trinajstić information content (AvgIpc) is 2.52. The van der Waals surface area contributed by atoms with Crippen molar-refractivity contribution in [1.29, 1.82) is 0 Å². The van der Waals surface area contributed by atoms with Crippen molar-refractivity contribution in [1.82, 2.24) is 10.6 Å². The highest BCUT2D eigenvalue weighted by Gasteiger charge is 2.21. The van der Waals surface area contributed by atoms with Crippen LogP contribution in [0, 0.1) is 11.7 Å². The zero-order valence-corrected chi connectivity index (χ0v) is 14.5. The molecule has 0 heterocycles. The van der Waals surface area contributed by atoms with Gasteiger partial charge in [0.2, 0.25) is 11.8 Å². The molecule has 0 saturated heterocycles. The monoisotopic (exact) mass is 354 g/mol. The fourth-order valence-corrected chi connectivity index (χ4v) is 2.18. The Labute approximate surface area is 145 Å². The zero-order valence-electron chi connectivity index (χ0n) is 14.5. The van der Waals surface area contributed by atoms with Crippen LogP contribution in [0.4, 0.5) is 4.39 Å². The highest BCUT2D eigenvalue weighted by molar-refractivity contribution is 5.88. The Bertz CT molecular complexity index is 633. The number of hydrogen-bond donors (Lipinski definition) is 3. The number of rotatable bonds is 9. The van der Waals surface area contributed by atoms with E-state index in [2.05, 4.69) is 10.6 Å². The number of carboxylic acid groups (broad SMARTS) is 1. The fourth-order valence-electron chi connectivity index (χ4n) is 2.18. The molecule has 2 amide bonds. The van der Waals surface area contributed by atoms with Gasteiger partial charge in [0.05, 0.1) is 20.1 Å². The van der Waals surface area contributed by atoms with Gasteiger partial charge in [0, 0.05) is 0 Å². The number of carboxylic acids is 1. The van der Waals surface area contributed by atoms with E-state index in [-0.39, 0.29) is 24.6 Å². The second-order valence-corrected chi connectivity index (χ2v) is 6.01. The van der Waals surface area contributed by atoms with E-state index in [9.17, 15) is 18.8 Å². The minimum atomic E-state index is -1.12. The lowest BCUT2D eigenvalue weighted by Crippen LogP contribution is -2.46. The fraction of sp³-hybridized carbons (Fsp3) is 0.471. The van der Waals surface area contributed by atoms with Crippen LogP contribution in [0.3, 0.4) is 0 Å². The van der Waals surface area contributed by atoms with Gasteiger partial charge >= 0.3 is 5.97 Å². The van der Waals surface area contributed by atoms with Crippen LogP contribution < -0.4 is 15.4 Å². The predicted molar refractivity (Wildman–Crippen MR) is 88.7 cm³/mol. The number of ether oxygens (including phenoxy) is 1. The zero-order chi connectivity index (χ0) is 19.0. The second-order valence-electron chi connectivity index (χ2n) is 6.01. The minimum absolute atomic E-state index is 0.0772. The van der Waals surface area contributed by atoms with Crippen molar-refractivity contribution in [3.05, 3.63) is 29.6 Å². The molecule has 0 bridgehead atoms. The molecule has 8 heteroatoms. The average molecular weight is 354 g/mol. The van der Waals surface area contributed by atoms with Crippen LogP contribution in [0.1, 0.15) is 25.8 Å². The summed E-state index contributed by atoms with van der Waals surface area (Å²) >= 11 is 0. The van der Waals surface area contributed by atoms with Crippen molar-refractivity contribution in [3.63, 3.8) is 0 Å². The van der Waals surface area contributed by atoms with Gasteiger partial charge < -0.3 is 20.5 Å². The molecule has 0 saturated carbocycles. The summed E-state index contributed by atoms with van der Waals surface area (Å²) in [5.74, 6) is -2.60. The normalized spacial score (nSPS) is 11.7. The number of amides is 2. The number of carbonyl (C=O) groups excluding carboxylic acids is 2. The molecule has 25 heavy (non-hydrogen) atoms. The largest absolute Gasteiger partial charge is 0.494 e. The van der Waals surface area contributed by atoms with E-state index in [1.807, 2.05) is 13.8 Å². The van der Waals surface area contributed by atoms with Gasteiger partial charge in [0.15, 0.2) is 11.6 Å². The smallest absolute Gasteiger partial charge is 0.326 e. The van der Waals surface area contributed by atoms with Crippen molar-refractivity contribution in [2.45, 2.75) is 32.7 Å². The molecule has 0 aliphatic heterocycles. The third-order valence-electron chi connectivity index (χ3n) is 3.37. The van der Waals surface area contributed by atoms with Crippen LogP contribution in [0.15, 0.2) is 18.2 Å². The summed E-state index contributed by atoms with van der Waals surface area (Å²) < 4.78 is 18.4. The summed E-state index contributed by atoms with van der Waals surface area (Å²) in [7, 11) is 1.34. The molecule has 0 fully saturated rings. The molecule has 1 rings (SSSR count). The van der Waals surface area contributed by atoms with Crippen molar-refractivity contribution >= 4 is 17.8 Å². The number of hydrogen-bond acceptors (Lipinski definition) is 4. The van der Waals surface area contributed by atoms with Gasteiger partial charge in [-0.15, -0.1) is 0 Å². The molecule has 0 aromatic heterocycles. The van der Waals surface area contributed by atoms with Crippen molar-refractivity contribution in [2.24, 2.45) is 5.92 Å². The molecule has 0 aliphatic carbocycles. The number of carbonyl (C=O) groups is 3. The SMILES string of the molecule is COc1ccc(CC(=O)NCC(=O)N[C@@H](CC(C)C)C(=O)O)cc1F. The van der Waals surface area contributed by atoms with Crippen LogP contribution in [0.25, 0.3) is 0 Å². The van der Waals surface area contributed by atoms with E-state index < -0.39 is 29.6 Å². The van der Waals surface area contributed by atoms with Gasteiger partial charge in [-0.3, -0.25) is 9.59 Å². The maximum Gasteiger partial charge on any atom is 0.326 e.